The van der Waals surface area contributed by atoms with E-state index in [1.807, 2.05) is 35.0 Å². The highest BCUT2D eigenvalue weighted by atomic mass is 35.5. The first kappa shape index (κ1) is 28.6. The van der Waals surface area contributed by atoms with Crippen molar-refractivity contribution in [1.82, 2.24) is 0 Å². The molecule has 0 atom stereocenters. The van der Waals surface area contributed by atoms with Crippen molar-refractivity contribution < 1.29 is 18.3 Å². The number of hydrogen-bond acceptors (Lipinski definition) is 8. The van der Waals surface area contributed by atoms with Crippen LogP contribution in [-0.4, -0.2) is 13.2 Å². The molecule has 4 aromatic heterocycles. The average molecular weight is 640 g/mol. The van der Waals surface area contributed by atoms with Crippen molar-refractivity contribution in [2.24, 2.45) is 0 Å². The van der Waals surface area contributed by atoms with E-state index in [2.05, 4.69) is 0 Å². The Morgan fingerprint density at radius 2 is 1.07 bits per heavy atom. The lowest BCUT2D eigenvalue weighted by molar-refractivity contribution is 0.281. The molecule has 0 spiro atoms. The van der Waals surface area contributed by atoms with Crippen LogP contribution in [-0.2, 0) is 0 Å². The predicted octanol–water partition coefficient (Wildman–Crippen LogP) is 9.68. The first-order chi connectivity index (χ1) is 20.5. The zero-order valence-corrected chi connectivity index (χ0v) is 25.3. The van der Waals surface area contributed by atoms with E-state index >= 15 is 0 Å². The van der Waals surface area contributed by atoms with Gasteiger partial charge in [-0.1, -0.05) is 35.3 Å². The molecular formula is C32H24Cl2O6S2. The molecule has 0 aliphatic carbocycles. The zero-order chi connectivity index (χ0) is 29.1. The van der Waals surface area contributed by atoms with Crippen LogP contribution in [0.15, 0.2) is 89.8 Å². The molecular weight excluding hydrogens is 615 g/mol. The Morgan fingerprint density at radius 1 is 0.619 bits per heavy atom. The quantitative estimate of drug-likeness (QED) is 0.131. The van der Waals surface area contributed by atoms with Gasteiger partial charge in [-0.3, -0.25) is 9.59 Å². The molecule has 0 radical (unpaired) electrons. The SMILES string of the molecule is O=c1c(OCCCCCCOc2c(-c3cccs3)oc3ccc(Cl)cc3c2=O)c(-c2cccs2)oc2ccc(Cl)cc12. The van der Waals surface area contributed by atoms with Gasteiger partial charge in [0.25, 0.3) is 0 Å². The van der Waals surface area contributed by atoms with E-state index < -0.39 is 0 Å². The third-order valence-corrected chi connectivity index (χ3v) is 8.85. The Morgan fingerprint density at radius 3 is 1.48 bits per heavy atom. The molecule has 0 N–H and O–H groups in total. The number of halogens is 2. The molecule has 214 valence electrons. The first-order valence-electron chi connectivity index (χ1n) is 13.4. The van der Waals surface area contributed by atoms with Crippen molar-refractivity contribution >= 4 is 67.8 Å². The second-order valence-electron chi connectivity index (χ2n) is 9.53. The summed E-state index contributed by atoms with van der Waals surface area (Å²) < 4.78 is 24.2. The molecule has 0 saturated carbocycles. The van der Waals surface area contributed by atoms with Crippen LogP contribution in [0.3, 0.4) is 0 Å². The summed E-state index contributed by atoms with van der Waals surface area (Å²) in [6, 6.07) is 17.6. The molecule has 6 rings (SSSR count). The zero-order valence-electron chi connectivity index (χ0n) is 22.2. The number of ether oxygens (including phenoxy) is 2. The topological polar surface area (TPSA) is 78.9 Å². The molecule has 10 heteroatoms. The number of thiophene rings is 2. The van der Waals surface area contributed by atoms with E-state index in [1.165, 1.54) is 22.7 Å². The highest BCUT2D eigenvalue weighted by molar-refractivity contribution is 7.13. The molecule has 0 fully saturated rings. The summed E-state index contributed by atoms with van der Waals surface area (Å²) in [5.41, 5.74) is 0.442. The Hall–Kier alpha value is -3.56. The number of hydrogen-bond donors (Lipinski definition) is 0. The summed E-state index contributed by atoms with van der Waals surface area (Å²) in [5, 5.41) is 5.54. The van der Waals surface area contributed by atoms with Gasteiger partial charge in [-0.25, -0.2) is 0 Å². The molecule has 2 aromatic carbocycles. The monoisotopic (exact) mass is 638 g/mol. The van der Waals surface area contributed by atoms with Crippen molar-refractivity contribution in [2.45, 2.75) is 25.7 Å². The smallest absolute Gasteiger partial charge is 0.235 e. The van der Waals surface area contributed by atoms with E-state index in [9.17, 15) is 9.59 Å². The second kappa shape index (κ2) is 12.8. The molecule has 0 unspecified atom stereocenters. The lowest BCUT2D eigenvalue weighted by Gasteiger charge is -2.12. The minimum absolute atomic E-state index is 0.194. The molecule has 42 heavy (non-hydrogen) atoms. The van der Waals surface area contributed by atoms with Crippen molar-refractivity contribution in [3.05, 3.63) is 102 Å². The first-order valence-corrected chi connectivity index (χ1v) is 15.9. The number of unbranched alkanes of at least 4 members (excludes halogenated alkanes) is 3. The van der Waals surface area contributed by atoms with Crippen LogP contribution in [0.4, 0.5) is 0 Å². The van der Waals surface area contributed by atoms with Crippen LogP contribution >= 0.6 is 45.9 Å². The van der Waals surface area contributed by atoms with Gasteiger partial charge in [0, 0.05) is 10.0 Å². The minimum atomic E-state index is -0.243. The number of fused-ring (bicyclic) bond motifs is 2. The average Bonchev–Trinajstić information content (AvgIpc) is 3.72. The predicted molar refractivity (Wildman–Crippen MR) is 171 cm³/mol. The van der Waals surface area contributed by atoms with Gasteiger partial charge in [0.2, 0.25) is 22.4 Å². The molecule has 0 bridgehead atoms. The van der Waals surface area contributed by atoms with Crippen molar-refractivity contribution in [3.8, 4) is 32.8 Å². The standard InChI is InChI=1S/C32H24Cl2O6S2/c33-19-9-11-23-21(17-19)27(35)31(29(39-23)25-7-5-15-41-25)37-13-3-1-2-4-14-38-32-28(36)22-18-20(34)10-12-24(22)40-30(32)26-8-6-16-42-26/h5-12,15-18H,1-4,13-14H2. The van der Waals surface area contributed by atoms with Crippen LogP contribution in [0, 0.1) is 0 Å². The van der Waals surface area contributed by atoms with Crippen LogP contribution in [0.5, 0.6) is 11.5 Å². The Labute approximate surface area is 258 Å². The summed E-state index contributed by atoms with van der Waals surface area (Å²) in [5.74, 6) is 1.24. The summed E-state index contributed by atoms with van der Waals surface area (Å²) in [6.45, 7) is 0.710. The second-order valence-corrected chi connectivity index (χ2v) is 12.3. The Kier molecular flexibility index (Phi) is 8.67. The summed E-state index contributed by atoms with van der Waals surface area (Å²) in [6.07, 6.45) is 3.16. The third-order valence-electron chi connectivity index (χ3n) is 6.64. The van der Waals surface area contributed by atoms with Gasteiger partial charge >= 0.3 is 0 Å². The van der Waals surface area contributed by atoms with Gasteiger partial charge in [0.15, 0.2) is 11.5 Å². The lowest BCUT2D eigenvalue weighted by Crippen LogP contribution is -2.12. The van der Waals surface area contributed by atoms with E-state index in [1.54, 1.807) is 36.4 Å². The van der Waals surface area contributed by atoms with Gasteiger partial charge in [-0.2, -0.15) is 0 Å². The normalized spacial score (nSPS) is 11.4. The third kappa shape index (κ3) is 5.99. The fraction of sp³-hybridized carbons (Fsp3) is 0.188. The molecule has 6 nitrogen and oxygen atoms in total. The van der Waals surface area contributed by atoms with Gasteiger partial charge in [0.05, 0.1) is 33.7 Å². The maximum absolute atomic E-state index is 13.3. The fourth-order valence-electron chi connectivity index (χ4n) is 4.61. The summed E-state index contributed by atoms with van der Waals surface area (Å²) in [7, 11) is 0. The van der Waals surface area contributed by atoms with Crippen molar-refractivity contribution in [2.75, 3.05) is 13.2 Å². The summed E-state index contributed by atoms with van der Waals surface area (Å²) in [4.78, 5) is 28.2. The van der Waals surface area contributed by atoms with Crippen LogP contribution in [0.2, 0.25) is 10.0 Å². The molecule has 0 aliphatic heterocycles. The van der Waals surface area contributed by atoms with Crippen molar-refractivity contribution in [3.63, 3.8) is 0 Å². The largest absolute Gasteiger partial charge is 0.486 e. The van der Waals surface area contributed by atoms with Crippen LogP contribution < -0.4 is 20.3 Å². The van der Waals surface area contributed by atoms with Gasteiger partial charge in [0.1, 0.15) is 11.2 Å². The van der Waals surface area contributed by atoms with E-state index in [-0.39, 0.29) is 22.4 Å². The molecule has 6 aromatic rings. The molecule has 4 heterocycles. The maximum atomic E-state index is 13.3. The number of benzene rings is 2. The minimum Gasteiger partial charge on any atom is -0.486 e. The molecule has 0 aliphatic rings. The van der Waals surface area contributed by atoms with Crippen LogP contribution in [0.25, 0.3) is 43.2 Å². The van der Waals surface area contributed by atoms with E-state index in [0.29, 0.717) is 56.7 Å². The van der Waals surface area contributed by atoms with Gasteiger partial charge in [-0.15, -0.1) is 22.7 Å². The van der Waals surface area contributed by atoms with E-state index in [0.717, 1.165) is 35.4 Å². The highest BCUT2D eigenvalue weighted by Gasteiger charge is 2.20. The molecule has 0 saturated heterocycles. The van der Waals surface area contributed by atoms with Gasteiger partial charge < -0.3 is 18.3 Å². The van der Waals surface area contributed by atoms with Gasteiger partial charge in [-0.05, 0) is 85.0 Å². The highest BCUT2D eigenvalue weighted by Crippen LogP contribution is 2.36. The van der Waals surface area contributed by atoms with Crippen LogP contribution in [0.1, 0.15) is 25.7 Å². The fourth-order valence-corrected chi connectivity index (χ4v) is 6.36. The molecule has 0 amide bonds. The van der Waals surface area contributed by atoms with E-state index in [4.69, 9.17) is 41.5 Å². The lowest BCUT2D eigenvalue weighted by atomic mass is 10.2. The maximum Gasteiger partial charge on any atom is 0.235 e. The Balaban J connectivity index is 1.08. The van der Waals surface area contributed by atoms with Crippen molar-refractivity contribution in [1.29, 1.82) is 0 Å². The summed E-state index contributed by atoms with van der Waals surface area (Å²) >= 11 is 15.2. The number of rotatable bonds is 11. The Bertz CT molecular complexity index is 1820.